The molecule has 0 aliphatic heterocycles. The number of carboxylic acid groups (broad SMARTS) is 6. The van der Waals surface area contributed by atoms with Crippen molar-refractivity contribution in [3.8, 4) is 0 Å². The molecule has 4 atom stereocenters. The smallest absolute Gasteiger partial charge is 0.309 e. The highest BCUT2D eigenvalue weighted by molar-refractivity contribution is 5.83. The lowest BCUT2D eigenvalue weighted by atomic mass is 9.69. The Balaban J connectivity index is 5.99. The van der Waals surface area contributed by atoms with Crippen LogP contribution in [0.5, 0.6) is 0 Å². The second kappa shape index (κ2) is 11.0. The summed E-state index contributed by atoms with van der Waals surface area (Å²) in [6.07, 6.45) is -3.78. The van der Waals surface area contributed by atoms with Gasteiger partial charge in [-0.25, -0.2) is 0 Å². The minimum atomic E-state index is -1.89. The third-order valence-electron chi connectivity index (χ3n) is 4.99. The van der Waals surface area contributed by atoms with E-state index in [0.29, 0.717) is 0 Å². The van der Waals surface area contributed by atoms with Crippen LogP contribution in [0.25, 0.3) is 0 Å². The summed E-state index contributed by atoms with van der Waals surface area (Å²) in [7, 11) is 0. The first-order valence-corrected chi connectivity index (χ1v) is 8.62. The van der Waals surface area contributed by atoms with E-state index in [0.717, 1.165) is 0 Å². The molecule has 12 nitrogen and oxygen atoms in total. The molecule has 4 unspecified atom stereocenters. The van der Waals surface area contributed by atoms with Crippen LogP contribution in [0, 0.1) is 23.2 Å². The molecule has 0 aromatic carbocycles. The van der Waals surface area contributed by atoms with Crippen LogP contribution >= 0.6 is 0 Å². The van der Waals surface area contributed by atoms with Gasteiger partial charge >= 0.3 is 35.8 Å². The molecule has 0 aromatic rings. The van der Waals surface area contributed by atoms with Crippen molar-refractivity contribution in [3.63, 3.8) is 0 Å². The first-order valence-electron chi connectivity index (χ1n) is 8.62. The highest BCUT2D eigenvalue weighted by Gasteiger charge is 2.46. The fourth-order valence-electron chi connectivity index (χ4n) is 3.16. The number of carboxylic acids is 6. The number of rotatable bonds is 15. The molecule has 12 heteroatoms. The maximum absolute atomic E-state index is 11.8. The summed E-state index contributed by atoms with van der Waals surface area (Å²) in [6, 6.07) is 0. The van der Waals surface area contributed by atoms with E-state index in [1.165, 1.54) is 6.92 Å². The fraction of sp³-hybridized carbons (Fsp3) is 0.647. The topological polar surface area (TPSA) is 224 Å². The Morgan fingerprint density at radius 1 is 0.759 bits per heavy atom. The van der Waals surface area contributed by atoms with Crippen LogP contribution in [0.4, 0.5) is 0 Å². The molecule has 6 N–H and O–H groups in total. The molecule has 0 amide bonds. The Morgan fingerprint density at radius 3 is 1.59 bits per heavy atom. The van der Waals surface area contributed by atoms with Gasteiger partial charge in [-0.05, 0) is 25.7 Å². The fourth-order valence-corrected chi connectivity index (χ4v) is 3.16. The molecule has 0 heterocycles. The second-order valence-corrected chi connectivity index (χ2v) is 6.80. The van der Waals surface area contributed by atoms with E-state index in [4.69, 9.17) is 15.3 Å². The van der Waals surface area contributed by atoms with Gasteiger partial charge in [-0.2, -0.15) is 0 Å². The SMILES string of the molecule is CCC(CCC(=O)O)(CC(C(=O)O)C(CC(CC(=O)O)C(=O)O)C(=O)O)C(=O)O. The normalized spacial score (nSPS) is 16.0. The van der Waals surface area contributed by atoms with Crippen molar-refractivity contribution < 1.29 is 59.4 Å². The highest BCUT2D eigenvalue weighted by Crippen LogP contribution is 2.40. The molecule has 0 aliphatic rings. The molecular formula is C17H24O12. The molecule has 0 radical (unpaired) electrons. The van der Waals surface area contributed by atoms with Gasteiger partial charge in [0, 0.05) is 6.42 Å². The lowest BCUT2D eigenvalue weighted by Gasteiger charge is -2.33. The molecule has 0 aliphatic carbocycles. The highest BCUT2D eigenvalue weighted by atomic mass is 16.4. The van der Waals surface area contributed by atoms with Crippen molar-refractivity contribution in [1.29, 1.82) is 0 Å². The number of hydrogen-bond acceptors (Lipinski definition) is 6. The third-order valence-corrected chi connectivity index (χ3v) is 4.99. The summed E-state index contributed by atoms with van der Waals surface area (Å²) in [6.45, 7) is 1.38. The summed E-state index contributed by atoms with van der Waals surface area (Å²) < 4.78 is 0. The minimum Gasteiger partial charge on any atom is -0.481 e. The maximum Gasteiger partial charge on any atom is 0.309 e. The van der Waals surface area contributed by atoms with Gasteiger partial charge < -0.3 is 30.6 Å². The van der Waals surface area contributed by atoms with Gasteiger partial charge in [0.25, 0.3) is 0 Å². The lowest BCUT2D eigenvalue weighted by molar-refractivity contribution is -0.162. The lowest BCUT2D eigenvalue weighted by Crippen LogP contribution is -2.41. The number of aliphatic carboxylic acids is 6. The second-order valence-electron chi connectivity index (χ2n) is 6.80. The Hall–Kier alpha value is -3.18. The monoisotopic (exact) mass is 420 g/mol. The van der Waals surface area contributed by atoms with Crippen LogP contribution in [0.15, 0.2) is 0 Å². The first kappa shape index (κ1) is 25.8. The quantitative estimate of drug-likeness (QED) is 0.215. The minimum absolute atomic E-state index is 0.191. The maximum atomic E-state index is 11.8. The van der Waals surface area contributed by atoms with Crippen LogP contribution in [0.3, 0.4) is 0 Å². The van der Waals surface area contributed by atoms with Gasteiger partial charge in [0.1, 0.15) is 0 Å². The van der Waals surface area contributed by atoms with Crippen molar-refractivity contribution in [2.75, 3.05) is 0 Å². The summed E-state index contributed by atoms with van der Waals surface area (Å²) >= 11 is 0. The zero-order valence-corrected chi connectivity index (χ0v) is 15.6. The first-order chi connectivity index (χ1) is 13.3. The van der Waals surface area contributed by atoms with E-state index in [2.05, 4.69) is 0 Å². The van der Waals surface area contributed by atoms with Gasteiger partial charge in [-0.3, -0.25) is 28.8 Å². The van der Waals surface area contributed by atoms with Gasteiger partial charge in [0.15, 0.2) is 0 Å². The third kappa shape index (κ3) is 7.76. The standard InChI is InChI=1S/C17H24O12/c1-2-17(16(28)29,4-3-11(18)19)7-10(15(26)27)9(14(24)25)5-8(13(22)23)6-12(20)21/h8-10H,2-7H2,1H3,(H,18,19)(H,20,21)(H,22,23)(H,24,25)(H,26,27)(H,28,29). The van der Waals surface area contributed by atoms with Gasteiger partial charge in [-0.15, -0.1) is 0 Å². The Labute approximate surface area is 164 Å². The van der Waals surface area contributed by atoms with Crippen molar-refractivity contribution >= 4 is 35.8 Å². The zero-order valence-electron chi connectivity index (χ0n) is 15.6. The van der Waals surface area contributed by atoms with E-state index in [9.17, 15) is 44.1 Å². The Kier molecular flexibility index (Phi) is 9.77. The summed E-state index contributed by atoms with van der Waals surface area (Å²) in [5.74, 6) is -14.9. The van der Waals surface area contributed by atoms with Crippen LogP contribution in [-0.4, -0.2) is 66.5 Å². The molecular weight excluding hydrogens is 396 g/mol. The Bertz CT molecular complexity index is 669. The van der Waals surface area contributed by atoms with Crippen LogP contribution in [-0.2, 0) is 28.8 Å². The van der Waals surface area contributed by atoms with Crippen molar-refractivity contribution in [1.82, 2.24) is 0 Å². The summed E-state index contributed by atoms with van der Waals surface area (Å²) in [5, 5.41) is 55.3. The van der Waals surface area contributed by atoms with Crippen molar-refractivity contribution in [2.24, 2.45) is 23.2 Å². The molecule has 0 rings (SSSR count). The molecule has 0 saturated carbocycles. The Morgan fingerprint density at radius 2 is 1.28 bits per heavy atom. The summed E-state index contributed by atoms with van der Waals surface area (Å²) in [4.78, 5) is 68.1. The van der Waals surface area contributed by atoms with E-state index in [-0.39, 0.29) is 6.42 Å². The zero-order chi connectivity index (χ0) is 22.9. The van der Waals surface area contributed by atoms with Crippen molar-refractivity contribution in [2.45, 2.75) is 45.4 Å². The molecule has 0 saturated heterocycles. The molecule has 0 bridgehead atoms. The molecule has 29 heavy (non-hydrogen) atoms. The molecule has 0 aromatic heterocycles. The van der Waals surface area contributed by atoms with E-state index >= 15 is 0 Å². The molecule has 164 valence electrons. The predicted molar refractivity (Wildman–Crippen MR) is 92.1 cm³/mol. The summed E-state index contributed by atoms with van der Waals surface area (Å²) in [5.41, 5.74) is -1.86. The van der Waals surface area contributed by atoms with Gasteiger partial charge in [0.05, 0.1) is 29.6 Å². The van der Waals surface area contributed by atoms with Crippen LogP contribution in [0.2, 0.25) is 0 Å². The number of hydrogen-bond donors (Lipinski definition) is 6. The van der Waals surface area contributed by atoms with E-state index in [1.54, 1.807) is 0 Å². The van der Waals surface area contributed by atoms with E-state index in [1.807, 2.05) is 0 Å². The molecule has 0 fully saturated rings. The average Bonchev–Trinajstić information content (AvgIpc) is 2.58. The predicted octanol–water partition coefficient (Wildman–Crippen LogP) is 0.690. The molecule has 0 spiro atoms. The van der Waals surface area contributed by atoms with Crippen LogP contribution < -0.4 is 0 Å². The van der Waals surface area contributed by atoms with Gasteiger partial charge in [0.2, 0.25) is 0 Å². The van der Waals surface area contributed by atoms with Crippen LogP contribution in [0.1, 0.15) is 45.4 Å². The largest absolute Gasteiger partial charge is 0.481 e. The van der Waals surface area contributed by atoms with Crippen molar-refractivity contribution in [3.05, 3.63) is 0 Å². The van der Waals surface area contributed by atoms with Gasteiger partial charge in [-0.1, -0.05) is 6.92 Å². The van der Waals surface area contributed by atoms with E-state index < -0.39 is 91.1 Å². The number of carbonyl (C=O) groups is 6. The average molecular weight is 420 g/mol.